The molecule has 774 valence electrons. The van der Waals surface area contributed by atoms with E-state index in [2.05, 4.69) is 26.6 Å². The van der Waals surface area contributed by atoms with E-state index in [1.54, 1.807) is 12.1 Å². The van der Waals surface area contributed by atoms with E-state index in [1.165, 1.54) is 57.2 Å². The zero-order valence-electron chi connectivity index (χ0n) is 84.2. The van der Waals surface area contributed by atoms with E-state index in [0.717, 1.165) is 0 Å². The van der Waals surface area contributed by atoms with Crippen molar-refractivity contribution >= 4 is 111 Å². The smallest absolute Gasteiger partial charge is 0.336 e. The Morgan fingerprint density at radius 2 is 0.703 bits per heavy atom. The van der Waals surface area contributed by atoms with Crippen LogP contribution in [0.1, 0.15) is 212 Å². The Balaban J connectivity index is 1.72. The average molecular weight is 1960 g/mol. The number of ether oxygens (including phenoxy) is 12. The summed E-state index contributed by atoms with van der Waals surface area (Å²) in [6, 6.07) is 9.58. The number of amides is 3. The molecule has 7 N–H and O–H groups in total. The highest BCUT2D eigenvalue weighted by Gasteiger charge is 2.38. The lowest BCUT2D eigenvalue weighted by Crippen LogP contribution is -2.59. The number of carboxylic acids is 1. The molecule has 3 unspecified atom stereocenters. The molecule has 0 saturated heterocycles. The normalized spacial score (nSPS) is 12.8. The van der Waals surface area contributed by atoms with Crippen molar-refractivity contribution in [3.05, 3.63) is 70.4 Å². The Bertz CT molecular complexity index is 4160. The number of nitrogens with zero attached hydrogens (tertiary/aromatic N) is 3. The van der Waals surface area contributed by atoms with Crippen LogP contribution in [-0.4, -0.2) is 289 Å². The summed E-state index contributed by atoms with van der Waals surface area (Å²) < 4.78 is 75.0. The van der Waals surface area contributed by atoms with Gasteiger partial charge in [0, 0.05) is 73.2 Å². The van der Waals surface area contributed by atoms with E-state index in [-0.39, 0.29) is 255 Å². The highest BCUT2D eigenvalue weighted by molar-refractivity contribution is 7.80. The van der Waals surface area contributed by atoms with Gasteiger partial charge in [0.2, 0.25) is 17.7 Å². The fourth-order valence-corrected chi connectivity index (χ4v) is 13.8. The van der Waals surface area contributed by atoms with Gasteiger partial charge in [0.25, 0.3) is 0 Å². The van der Waals surface area contributed by atoms with Crippen molar-refractivity contribution in [2.45, 2.75) is 225 Å². The molecule has 3 atom stereocenters. The van der Waals surface area contributed by atoms with Crippen LogP contribution in [-0.2, 0) is 114 Å². The van der Waals surface area contributed by atoms with Gasteiger partial charge in [0.1, 0.15) is 40.8 Å². The number of unbranched alkanes of at least 4 members (excludes halogenated alkanes) is 3. The van der Waals surface area contributed by atoms with Gasteiger partial charge in [-0.3, -0.25) is 77.0 Å². The van der Waals surface area contributed by atoms with Gasteiger partial charge in [-0.25, -0.2) is 4.79 Å². The van der Waals surface area contributed by atoms with E-state index < -0.39 is 140 Å². The molecule has 0 fully saturated rings. The van der Waals surface area contributed by atoms with Crippen LogP contribution in [0.15, 0.2) is 63.8 Å². The average Bonchev–Trinajstić information content (AvgIpc) is 0.745. The summed E-state index contributed by atoms with van der Waals surface area (Å²) in [7, 11) is 0. The van der Waals surface area contributed by atoms with Gasteiger partial charge in [-0.05, 0) is 165 Å². The van der Waals surface area contributed by atoms with Gasteiger partial charge in [0.15, 0.2) is 10.5 Å². The lowest BCUT2D eigenvalue weighted by molar-refractivity contribution is -0.160. The monoisotopic (exact) mass is 1960 g/mol. The van der Waals surface area contributed by atoms with Crippen LogP contribution in [0.5, 0.6) is 5.75 Å². The molecule has 2 aliphatic rings. The first-order chi connectivity index (χ1) is 65.3. The first-order valence-corrected chi connectivity index (χ1v) is 48.6. The number of benzene rings is 3. The predicted molar refractivity (Wildman–Crippen MR) is 520 cm³/mol. The Hall–Kier alpha value is -10.5. The predicted octanol–water partition coefficient (Wildman–Crippen LogP) is 10.9. The lowest BCUT2D eigenvalue weighted by atomic mass is 9.90. The molecule has 0 spiro atoms. The molecular weight excluding hydrogens is 1810 g/mol. The molecule has 38 heteroatoms. The number of nitrogens with one attached hydrogen (secondary N) is 5. The van der Waals surface area contributed by atoms with Crippen LogP contribution in [0.3, 0.4) is 0 Å². The van der Waals surface area contributed by atoms with Gasteiger partial charge in [-0.2, -0.15) is 0 Å². The first-order valence-electron chi connectivity index (χ1n) is 48.2. The van der Waals surface area contributed by atoms with E-state index >= 15 is 0 Å². The van der Waals surface area contributed by atoms with Gasteiger partial charge in [0.05, 0.1) is 144 Å². The number of aromatic hydroxyl groups is 1. The number of hydrogen-bond acceptors (Lipinski definition) is 32. The lowest BCUT2D eigenvalue weighted by Gasteiger charge is -2.35. The Labute approximate surface area is 817 Å². The molecule has 1 aliphatic heterocycles. The van der Waals surface area contributed by atoms with Crippen LogP contribution in [0.4, 0.5) is 5.69 Å². The fourth-order valence-electron chi connectivity index (χ4n) is 13.5. The molecule has 2 aromatic carbocycles. The first kappa shape index (κ1) is 120. The maximum Gasteiger partial charge on any atom is 0.336 e. The highest BCUT2D eigenvalue weighted by Crippen LogP contribution is 2.43. The number of esters is 9. The molecule has 0 bridgehead atoms. The number of carboxylic acid groups (broad SMARTS) is 1. The maximum absolute atomic E-state index is 13.9. The minimum absolute atomic E-state index is 0.00754. The number of hydrogen-bond donors (Lipinski definition) is 7. The number of phenolic OH excluding ortho intramolecular Hbond substituents is 1. The summed E-state index contributed by atoms with van der Waals surface area (Å²) >= 11 is 6.06. The second kappa shape index (κ2) is 64.7. The van der Waals surface area contributed by atoms with E-state index in [4.69, 9.17) is 73.5 Å². The molecule has 0 aromatic heterocycles. The number of thiocarbonyl (C=S) groups is 1. The van der Waals surface area contributed by atoms with Gasteiger partial charge < -0.3 is 98.1 Å². The van der Waals surface area contributed by atoms with Crippen LogP contribution in [0.2, 0.25) is 0 Å². The van der Waals surface area contributed by atoms with E-state index in [9.17, 15) is 77.3 Å². The van der Waals surface area contributed by atoms with Crippen molar-refractivity contribution in [3.63, 3.8) is 0 Å². The van der Waals surface area contributed by atoms with Crippen molar-refractivity contribution in [3.8, 4) is 28.2 Å². The van der Waals surface area contributed by atoms with Gasteiger partial charge in [-0.15, -0.1) is 0 Å². The third-order valence-corrected chi connectivity index (χ3v) is 20.5. The van der Waals surface area contributed by atoms with Gasteiger partial charge in [-0.1, -0.05) is 131 Å². The summed E-state index contributed by atoms with van der Waals surface area (Å²) in [5.74, 6) is -8.69. The molecule has 0 saturated carbocycles. The van der Waals surface area contributed by atoms with E-state index in [1.807, 2.05) is 125 Å². The molecule has 1 heterocycles. The minimum Gasteiger partial charge on any atom is -0.508 e. The van der Waals surface area contributed by atoms with Crippen molar-refractivity contribution in [2.24, 2.45) is 53.3 Å². The molecule has 4 rings (SSSR count). The number of fused-ring (bicyclic) bond motifs is 2. The molecular formula is C100H154N8O29S. The highest BCUT2D eigenvalue weighted by atomic mass is 32.1. The number of phenols is 1. The SMILES string of the molecule is CC(C)COC(=O)CN(CC(=O)OCC(C)C)C(CCCCNC(=O)CCOCC(COCCC(=O)NCCCCC(C(=O)OCC(C)C)N(CC(=O)OCC(C)C)CC(=O)OCC(C)C)(COCCC(=O)NCCCCC(C(=O)OCC(C)C)N(CC(=O)OCC(C)C)CC(=O)OCC(C)C)NC(=S)Nc1ccc(-c2c3ccc(=O)cc-3oc3cc(O)ccc23)c(C(=O)O)c1)C(=O)OCC(C)C. The van der Waals surface area contributed by atoms with Crippen molar-refractivity contribution < 1.29 is 134 Å². The molecule has 2 aromatic rings. The van der Waals surface area contributed by atoms with Gasteiger partial charge >= 0.3 is 59.7 Å². The quantitative estimate of drug-likeness (QED) is 0.00710. The number of carbonyl (C=O) groups excluding carboxylic acids is 12. The Morgan fingerprint density at radius 1 is 0.391 bits per heavy atom. The van der Waals surface area contributed by atoms with Crippen molar-refractivity contribution in [1.82, 2.24) is 36.0 Å². The Kier molecular flexibility index (Phi) is 56.1. The topological polar surface area (TPSA) is 473 Å². The summed E-state index contributed by atoms with van der Waals surface area (Å²) in [6.07, 6.45) is 1.62. The Morgan fingerprint density at radius 3 is 1.01 bits per heavy atom. The van der Waals surface area contributed by atoms with Crippen LogP contribution in [0.25, 0.3) is 33.4 Å². The molecule has 37 nitrogen and oxygen atoms in total. The zero-order valence-corrected chi connectivity index (χ0v) is 85.1. The maximum atomic E-state index is 13.9. The molecule has 3 amide bonds. The number of rotatable bonds is 70. The van der Waals surface area contributed by atoms with Crippen LogP contribution < -0.4 is 32.0 Å². The van der Waals surface area contributed by atoms with Crippen LogP contribution in [0, 0.1) is 53.3 Å². The zero-order chi connectivity index (χ0) is 103. The van der Waals surface area contributed by atoms with E-state index in [0.29, 0.717) is 55.0 Å². The second-order valence-corrected chi connectivity index (χ2v) is 38.9. The summed E-state index contributed by atoms with van der Waals surface area (Å²) in [6.45, 7) is 30.6. The van der Waals surface area contributed by atoms with Crippen LogP contribution >= 0.6 is 12.2 Å². The number of carbonyl (C=O) groups is 13. The molecule has 1 aliphatic carbocycles. The summed E-state index contributed by atoms with van der Waals surface area (Å²) in [5, 5.41) is 36.7. The fraction of sp³-hybridized carbons (Fsp3) is 0.670. The standard InChI is InChI=1S/C100H154N8O29S/c1-64(2)52-128-88(114)46-106(47-89(115)129-53-65(3)4)80(96(122)134-58-70(13)14)25-19-22-37-101-85(111)34-40-125-61-100(105-99(138)104-73-28-31-76(79(43-73)95(120)121)94-77-32-29-74(109)44-83(77)137-84-45-75(110)30-33-78(84)94,62-126-41-35-86(112)102-38-23-20-26-81(97(123)135-59-71(15)16)107(48-90(116)130-54-66(5)6)49-91(117)131-55-67(7)8)63-127-42-36-87(113)103-39-24-21-27-82(98(124)136-60-72(17)18)108(50-92(118)132-56-68(9)10)51-93(119)133-57-69(11)12/h28-33,43-45,64-72,80-82,109H,19-27,34-42,46-63H2,1-18H3,(H,101,111)(H,102,112)(H,103,113)(H,120,121)(H2,104,105,138). The third-order valence-electron chi connectivity index (χ3n) is 20.3. The summed E-state index contributed by atoms with van der Waals surface area (Å²) in [4.78, 5) is 193. The number of aromatic carboxylic acids is 1. The second-order valence-electron chi connectivity index (χ2n) is 38.5. The van der Waals surface area contributed by atoms with Crippen molar-refractivity contribution in [2.75, 3.05) is 163 Å². The third kappa shape index (κ3) is 49.4. The summed E-state index contributed by atoms with van der Waals surface area (Å²) in [5.41, 5.74) is -0.962. The largest absolute Gasteiger partial charge is 0.508 e. The molecule has 0 radical (unpaired) electrons. The minimum atomic E-state index is -1.61. The molecule has 138 heavy (non-hydrogen) atoms. The van der Waals surface area contributed by atoms with Crippen molar-refractivity contribution in [1.29, 1.82) is 0 Å². The number of anilines is 1.